The summed E-state index contributed by atoms with van der Waals surface area (Å²) in [5.41, 5.74) is 1.60. The van der Waals surface area contributed by atoms with Gasteiger partial charge in [0, 0.05) is 28.6 Å². The van der Waals surface area contributed by atoms with Crippen LogP contribution in [0, 0.1) is 10.1 Å². The fraction of sp³-hybridized carbons (Fsp3) is 0.150. The van der Waals surface area contributed by atoms with E-state index in [2.05, 4.69) is 15.6 Å². The number of nitrogens with one attached hydrogen (secondary N) is 2. The van der Waals surface area contributed by atoms with Crippen molar-refractivity contribution in [1.29, 1.82) is 0 Å². The third-order valence-corrected chi connectivity index (χ3v) is 4.84. The molecular weight excluding hydrogens is 424 g/mol. The number of non-ortho nitro benzene ring substituents is 1. The Morgan fingerprint density at radius 3 is 2.83 bits per heavy atom. The smallest absolute Gasteiger partial charge is 0.270 e. The molecule has 2 N–H and O–H groups in total. The lowest BCUT2D eigenvalue weighted by molar-refractivity contribution is -0.384. The van der Waals surface area contributed by atoms with Crippen molar-refractivity contribution in [3.63, 3.8) is 0 Å². The van der Waals surface area contributed by atoms with Crippen molar-refractivity contribution in [2.45, 2.75) is 13.3 Å². The molecule has 0 atom stereocenters. The summed E-state index contributed by atoms with van der Waals surface area (Å²) in [6.07, 6.45) is 0.872. The van der Waals surface area contributed by atoms with E-state index in [0.717, 1.165) is 6.42 Å². The van der Waals surface area contributed by atoms with E-state index in [4.69, 9.17) is 17.0 Å². The molecule has 0 saturated carbocycles. The van der Waals surface area contributed by atoms with Gasteiger partial charge in [0.15, 0.2) is 10.2 Å². The minimum atomic E-state index is -0.456. The number of anilines is 1. The lowest BCUT2D eigenvalue weighted by atomic mass is 10.1. The summed E-state index contributed by atoms with van der Waals surface area (Å²) in [5, 5.41) is 18.7. The van der Waals surface area contributed by atoms with Gasteiger partial charge in [-0.05, 0) is 36.8 Å². The van der Waals surface area contributed by atoms with Gasteiger partial charge in [0.05, 0.1) is 17.2 Å². The molecule has 0 fully saturated rings. The summed E-state index contributed by atoms with van der Waals surface area (Å²) in [6.45, 7) is 2.58. The summed E-state index contributed by atoms with van der Waals surface area (Å²) in [4.78, 5) is 27.3. The molecule has 0 unspecified atom stereocenters. The van der Waals surface area contributed by atoms with Gasteiger partial charge >= 0.3 is 0 Å². The number of nitro benzene ring substituents is 1. The molecule has 30 heavy (non-hydrogen) atoms. The molecular formula is C20H18N4O4S2. The minimum Gasteiger partial charge on any atom is -0.494 e. The van der Waals surface area contributed by atoms with Gasteiger partial charge in [-0.25, -0.2) is 4.98 Å². The Morgan fingerprint density at radius 1 is 1.27 bits per heavy atom. The number of ether oxygens (including phenoxy) is 1. The third-order valence-electron chi connectivity index (χ3n) is 3.87. The molecule has 8 nitrogen and oxygen atoms in total. The van der Waals surface area contributed by atoms with Crippen LogP contribution in [0.3, 0.4) is 0 Å². The summed E-state index contributed by atoms with van der Waals surface area (Å²) >= 11 is 6.47. The SMILES string of the molecule is CCCOc1cccc(C(=O)NC(=S)Nc2nc(-c3cccc([N+](=O)[O-])c3)cs2)c1. The molecule has 0 aliphatic heterocycles. The predicted molar refractivity (Wildman–Crippen MR) is 120 cm³/mol. The maximum atomic E-state index is 12.4. The zero-order valence-electron chi connectivity index (χ0n) is 16.0. The first-order valence-corrected chi connectivity index (χ1v) is 10.3. The van der Waals surface area contributed by atoms with E-state index in [9.17, 15) is 14.9 Å². The highest BCUT2D eigenvalue weighted by Crippen LogP contribution is 2.27. The monoisotopic (exact) mass is 442 g/mol. The number of hydrogen-bond acceptors (Lipinski definition) is 7. The predicted octanol–water partition coefficient (Wildman–Crippen LogP) is 4.63. The molecule has 0 saturated heterocycles. The Balaban J connectivity index is 1.62. The van der Waals surface area contributed by atoms with Crippen molar-refractivity contribution in [2.75, 3.05) is 11.9 Å². The van der Waals surface area contributed by atoms with Crippen molar-refractivity contribution in [3.8, 4) is 17.0 Å². The average molecular weight is 443 g/mol. The van der Waals surface area contributed by atoms with Crippen LogP contribution in [-0.2, 0) is 0 Å². The second kappa shape index (κ2) is 9.90. The Kier molecular flexibility index (Phi) is 7.04. The number of aromatic nitrogens is 1. The van der Waals surface area contributed by atoms with Gasteiger partial charge in [0.25, 0.3) is 11.6 Å². The second-order valence-electron chi connectivity index (χ2n) is 6.13. The van der Waals surface area contributed by atoms with Crippen LogP contribution in [0.15, 0.2) is 53.9 Å². The molecule has 1 aromatic heterocycles. The molecule has 2 aromatic carbocycles. The van der Waals surface area contributed by atoms with Gasteiger partial charge in [-0.15, -0.1) is 11.3 Å². The Labute approximate surface area is 182 Å². The lowest BCUT2D eigenvalue weighted by Crippen LogP contribution is -2.34. The van der Waals surface area contributed by atoms with Gasteiger partial charge < -0.3 is 10.1 Å². The molecule has 0 spiro atoms. The molecule has 3 rings (SSSR count). The molecule has 0 bridgehead atoms. The van der Waals surface area contributed by atoms with Crippen molar-refractivity contribution in [3.05, 3.63) is 69.6 Å². The average Bonchev–Trinajstić information content (AvgIpc) is 3.20. The van der Waals surface area contributed by atoms with Crippen LogP contribution >= 0.6 is 23.6 Å². The van der Waals surface area contributed by atoms with Crippen LogP contribution in [0.5, 0.6) is 5.75 Å². The van der Waals surface area contributed by atoms with Crippen molar-refractivity contribution in [1.82, 2.24) is 10.3 Å². The molecule has 0 radical (unpaired) electrons. The van der Waals surface area contributed by atoms with Crippen LogP contribution in [0.25, 0.3) is 11.3 Å². The molecule has 3 aromatic rings. The quantitative estimate of drug-likeness (QED) is 0.312. The van der Waals surface area contributed by atoms with Crippen LogP contribution in [0.4, 0.5) is 10.8 Å². The van der Waals surface area contributed by atoms with Crippen LogP contribution in [-0.4, -0.2) is 27.5 Å². The number of nitrogens with zero attached hydrogens (tertiary/aromatic N) is 2. The van der Waals surface area contributed by atoms with Gasteiger partial charge in [0.1, 0.15) is 5.75 Å². The molecule has 1 amide bonds. The van der Waals surface area contributed by atoms with Crippen molar-refractivity contribution < 1.29 is 14.5 Å². The third kappa shape index (κ3) is 5.58. The summed E-state index contributed by atoms with van der Waals surface area (Å²) < 4.78 is 5.54. The zero-order valence-corrected chi connectivity index (χ0v) is 17.6. The second-order valence-corrected chi connectivity index (χ2v) is 7.40. The lowest BCUT2D eigenvalue weighted by Gasteiger charge is -2.09. The zero-order chi connectivity index (χ0) is 21.5. The van der Waals surface area contributed by atoms with Crippen molar-refractivity contribution in [2.24, 2.45) is 0 Å². The number of benzene rings is 2. The number of rotatable bonds is 7. The number of thiocarbonyl (C=S) groups is 1. The van der Waals surface area contributed by atoms with Gasteiger partial charge in [0.2, 0.25) is 0 Å². The number of nitro groups is 1. The van der Waals surface area contributed by atoms with E-state index in [1.165, 1.54) is 23.5 Å². The summed E-state index contributed by atoms with van der Waals surface area (Å²) in [7, 11) is 0. The number of hydrogen-bond donors (Lipinski definition) is 2. The fourth-order valence-corrected chi connectivity index (χ4v) is 3.47. The van der Waals surface area contributed by atoms with Gasteiger partial charge in [-0.1, -0.05) is 25.1 Å². The highest BCUT2D eigenvalue weighted by molar-refractivity contribution is 7.80. The minimum absolute atomic E-state index is 0.0112. The summed E-state index contributed by atoms with van der Waals surface area (Å²) in [5.74, 6) is 0.245. The van der Waals surface area contributed by atoms with Gasteiger partial charge in [-0.3, -0.25) is 20.2 Å². The van der Waals surface area contributed by atoms with E-state index in [1.54, 1.807) is 41.8 Å². The molecule has 0 aliphatic rings. The molecule has 10 heteroatoms. The number of amides is 1. The summed E-state index contributed by atoms with van der Waals surface area (Å²) in [6, 6.07) is 13.0. The first-order chi connectivity index (χ1) is 14.5. The van der Waals surface area contributed by atoms with E-state index in [0.29, 0.717) is 34.3 Å². The van der Waals surface area contributed by atoms with Crippen LogP contribution in [0.1, 0.15) is 23.7 Å². The first kappa shape index (κ1) is 21.3. The fourth-order valence-electron chi connectivity index (χ4n) is 2.49. The van der Waals surface area contributed by atoms with Crippen molar-refractivity contribution >= 4 is 45.4 Å². The number of carbonyl (C=O) groups is 1. The van der Waals surface area contributed by atoms with E-state index < -0.39 is 4.92 Å². The van der Waals surface area contributed by atoms with E-state index in [-0.39, 0.29) is 16.7 Å². The Morgan fingerprint density at radius 2 is 2.07 bits per heavy atom. The maximum absolute atomic E-state index is 12.4. The first-order valence-electron chi connectivity index (χ1n) is 9.02. The highest BCUT2D eigenvalue weighted by Gasteiger charge is 2.13. The Hall–Kier alpha value is -3.37. The van der Waals surface area contributed by atoms with E-state index >= 15 is 0 Å². The number of carbonyl (C=O) groups excluding carboxylic acids is 1. The largest absolute Gasteiger partial charge is 0.494 e. The topological polar surface area (TPSA) is 106 Å². The van der Waals surface area contributed by atoms with Crippen LogP contribution < -0.4 is 15.4 Å². The maximum Gasteiger partial charge on any atom is 0.270 e. The Bertz CT molecular complexity index is 1080. The highest BCUT2D eigenvalue weighted by atomic mass is 32.1. The molecule has 1 heterocycles. The van der Waals surface area contributed by atoms with Gasteiger partial charge in [-0.2, -0.15) is 0 Å². The normalized spacial score (nSPS) is 10.3. The molecule has 154 valence electrons. The molecule has 0 aliphatic carbocycles. The number of thiazole rings is 1. The standard InChI is InChI=1S/C20H18N4O4S2/c1-2-9-28-16-8-4-6-14(11-16)18(25)22-19(29)23-20-21-17(12-30-20)13-5-3-7-15(10-13)24(26)27/h3-8,10-12H,2,9H2,1H3,(H2,21,22,23,25,29). The van der Waals surface area contributed by atoms with E-state index in [1.807, 2.05) is 6.92 Å². The van der Waals surface area contributed by atoms with Crippen LogP contribution in [0.2, 0.25) is 0 Å².